The zero-order chi connectivity index (χ0) is 24.5. The van der Waals surface area contributed by atoms with Crippen molar-refractivity contribution in [3.8, 4) is 0 Å². The van der Waals surface area contributed by atoms with Crippen LogP contribution in [0.1, 0.15) is 58.6 Å². The third-order valence-corrected chi connectivity index (χ3v) is 6.84. The number of amides is 1. The largest absolute Gasteiger partial charge is 0.456 e. The molecule has 3 aliphatic rings. The first-order valence-electron chi connectivity index (χ1n) is 11.4. The van der Waals surface area contributed by atoms with Crippen LogP contribution in [-0.2, 0) is 19.1 Å². The molecule has 2 atom stereocenters. The Bertz CT molecular complexity index is 1050. The van der Waals surface area contributed by atoms with Gasteiger partial charge in [0.2, 0.25) is 5.91 Å². The molecule has 9 heteroatoms. The summed E-state index contributed by atoms with van der Waals surface area (Å²) in [5, 5.41) is 6.24. The van der Waals surface area contributed by atoms with Crippen molar-refractivity contribution in [2.45, 2.75) is 64.7 Å². The van der Waals surface area contributed by atoms with Gasteiger partial charge in [-0.05, 0) is 63.6 Å². The standard InChI is InChI=1S/C25H30ClN3O4S/c1-15-21(23(31)33-25(2,3)4)22(16-7-9-17(26)10-8-16)29-18(14-34-24(29)28-15)12-20(30)27-13-19-6-5-11-32-19/h7-10,14,19,22H,5-6,11-13H2,1-4H3,(H,27,30)/t19-,22+/m0/s1. The van der Waals surface area contributed by atoms with Crippen LogP contribution in [-0.4, -0.2) is 46.8 Å². The maximum atomic E-state index is 13.3. The number of esters is 1. The SMILES string of the molecule is CC1=C(C(=O)OC(C)(C)C)[C@@H](c2ccc(Cl)cc2)N2C(CC(=O)NC[C@@H]3CCCO3)=CSC2=N1. The molecular weight excluding hydrogens is 474 g/mol. The molecule has 1 N–H and O–H groups in total. The van der Waals surface area contributed by atoms with Crippen LogP contribution in [0.2, 0.25) is 5.02 Å². The number of amidine groups is 1. The van der Waals surface area contributed by atoms with Gasteiger partial charge in [-0.25, -0.2) is 9.79 Å². The summed E-state index contributed by atoms with van der Waals surface area (Å²) < 4.78 is 11.3. The monoisotopic (exact) mass is 503 g/mol. The molecule has 4 rings (SSSR count). The molecule has 0 unspecified atom stereocenters. The average Bonchev–Trinajstić information content (AvgIpc) is 3.41. The lowest BCUT2D eigenvalue weighted by molar-refractivity contribution is -0.150. The summed E-state index contributed by atoms with van der Waals surface area (Å²) in [7, 11) is 0. The molecule has 3 aliphatic heterocycles. The Morgan fingerprint density at radius 1 is 1.29 bits per heavy atom. The van der Waals surface area contributed by atoms with Crippen molar-refractivity contribution in [1.29, 1.82) is 0 Å². The normalized spacial score (nSPS) is 22.3. The minimum absolute atomic E-state index is 0.0779. The Hall–Kier alpha value is -2.29. The van der Waals surface area contributed by atoms with E-state index in [1.165, 1.54) is 11.8 Å². The molecule has 0 saturated carbocycles. The number of ether oxygens (including phenoxy) is 2. The number of hydrogen-bond acceptors (Lipinski definition) is 7. The molecule has 0 bridgehead atoms. The van der Waals surface area contributed by atoms with Crippen LogP contribution < -0.4 is 5.32 Å². The molecule has 182 valence electrons. The van der Waals surface area contributed by atoms with Crippen LogP contribution in [0, 0.1) is 0 Å². The summed E-state index contributed by atoms with van der Waals surface area (Å²) in [5.41, 5.74) is 2.05. The highest BCUT2D eigenvalue weighted by molar-refractivity contribution is 8.16. The average molecular weight is 504 g/mol. The lowest BCUT2D eigenvalue weighted by Gasteiger charge is -2.37. The summed E-state index contributed by atoms with van der Waals surface area (Å²) in [6, 6.07) is 6.90. The Morgan fingerprint density at radius 3 is 2.68 bits per heavy atom. The van der Waals surface area contributed by atoms with Gasteiger partial charge in [0.05, 0.1) is 29.8 Å². The van der Waals surface area contributed by atoms with E-state index in [0.717, 1.165) is 35.9 Å². The molecule has 34 heavy (non-hydrogen) atoms. The van der Waals surface area contributed by atoms with Crippen molar-refractivity contribution in [3.63, 3.8) is 0 Å². The van der Waals surface area contributed by atoms with E-state index in [2.05, 4.69) is 5.32 Å². The topological polar surface area (TPSA) is 80.2 Å². The van der Waals surface area contributed by atoms with Crippen molar-refractivity contribution in [1.82, 2.24) is 10.2 Å². The van der Waals surface area contributed by atoms with Crippen molar-refractivity contribution < 1.29 is 19.1 Å². The van der Waals surface area contributed by atoms with Gasteiger partial charge in [-0.2, -0.15) is 0 Å². The number of allylic oxidation sites excluding steroid dienone is 1. The number of nitrogens with one attached hydrogen (secondary N) is 1. The first-order valence-corrected chi connectivity index (χ1v) is 12.7. The molecule has 1 fully saturated rings. The number of hydrogen-bond donors (Lipinski definition) is 1. The molecular formula is C25H30ClN3O4S. The van der Waals surface area contributed by atoms with Crippen LogP contribution in [0.15, 0.2) is 51.6 Å². The maximum absolute atomic E-state index is 13.3. The van der Waals surface area contributed by atoms with Crippen molar-refractivity contribution in [2.75, 3.05) is 13.2 Å². The van der Waals surface area contributed by atoms with Crippen LogP contribution in [0.4, 0.5) is 0 Å². The van der Waals surface area contributed by atoms with Gasteiger partial charge in [0.1, 0.15) is 5.60 Å². The lowest BCUT2D eigenvalue weighted by atomic mass is 9.93. The predicted octanol–water partition coefficient (Wildman–Crippen LogP) is 4.94. The minimum atomic E-state index is -0.653. The summed E-state index contributed by atoms with van der Waals surface area (Å²) in [6.45, 7) is 8.58. The van der Waals surface area contributed by atoms with E-state index in [0.29, 0.717) is 22.8 Å². The number of rotatable bonds is 6. The number of halogens is 1. The summed E-state index contributed by atoms with van der Waals surface area (Å²) >= 11 is 7.59. The molecule has 7 nitrogen and oxygen atoms in total. The van der Waals surface area contributed by atoms with E-state index in [1.807, 2.05) is 50.1 Å². The second-order valence-corrected chi connectivity index (χ2v) is 10.8. The second kappa shape index (κ2) is 10.1. The maximum Gasteiger partial charge on any atom is 0.338 e. The van der Waals surface area contributed by atoms with Gasteiger partial charge in [0, 0.05) is 23.9 Å². The zero-order valence-corrected chi connectivity index (χ0v) is 21.5. The molecule has 0 aliphatic carbocycles. The number of benzene rings is 1. The number of carbonyl (C=O) groups excluding carboxylic acids is 2. The lowest BCUT2D eigenvalue weighted by Crippen LogP contribution is -2.39. The molecule has 1 aromatic carbocycles. The van der Waals surface area contributed by atoms with Crippen molar-refractivity contribution >= 4 is 40.4 Å². The quantitative estimate of drug-likeness (QED) is 0.554. The smallest absolute Gasteiger partial charge is 0.338 e. The Balaban J connectivity index is 1.61. The van der Waals surface area contributed by atoms with Gasteiger partial charge < -0.3 is 19.7 Å². The highest BCUT2D eigenvalue weighted by Gasteiger charge is 2.41. The third kappa shape index (κ3) is 5.67. The zero-order valence-electron chi connectivity index (χ0n) is 19.9. The number of aliphatic imine (C=N–C) groups is 1. The number of carbonyl (C=O) groups is 2. The van der Waals surface area contributed by atoms with Gasteiger partial charge >= 0.3 is 5.97 Å². The number of fused-ring (bicyclic) bond motifs is 1. The summed E-state index contributed by atoms with van der Waals surface area (Å²) in [6.07, 6.45) is 2.24. The molecule has 0 spiro atoms. The number of thioether (sulfide) groups is 1. The van der Waals surface area contributed by atoms with Gasteiger partial charge in [0.25, 0.3) is 0 Å². The van der Waals surface area contributed by atoms with E-state index < -0.39 is 17.6 Å². The Labute approximate surface area is 209 Å². The first-order chi connectivity index (χ1) is 16.1. The second-order valence-electron chi connectivity index (χ2n) is 9.56. The highest BCUT2D eigenvalue weighted by Crippen LogP contribution is 2.45. The predicted molar refractivity (Wildman–Crippen MR) is 134 cm³/mol. The third-order valence-electron chi connectivity index (χ3n) is 5.70. The van der Waals surface area contributed by atoms with E-state index >= 15 is 0 Å². The highest BCUT2D eigenvalue weighted by atomic mass is 35.5. The Kier molecular flexibility index (Phi) is 7.40. The fourth-order valence-electron chi connectivity index (χ4n) is 4.18. The van der Waals surface area contributed by atoms with Crippen LogP contribution >= 0.6 is 23.4 Å². The van der Waals surface area contributed by atoms with E-state index in [1.54, 1.807) is 12.1 Å². The van der Waals surface area contributed by atoms with E-state index in [4.69, 9.17) is 26.1 Å². The molecule has 0 aromatic heterocycles. The fourth-order valence-corrected chi connectivity index (χ4v) is 5.27. The van der Waals surface area contributed by atoms with Crippen molar-refractivity contribution in [3.05, 3.63) is 57.2 Å². The fraction of sp³-hybridized carbons (Fsp3) is 0.480. The van der Waals surface area contributed by atoms with Crippen LogP contribution in [0.25, 0.3) is 0 Å². The van der Waals surface area contributed by atoms with Gasteiger partial charge in [-0.3, -0.25) is 4.79 Å². The van der Waals surface area contributed by atoms with Crippen molar-refractivity contribution in [2.24, 2.45) is 4.99 Å². The molecule has 3 heterocycles. The molecule has 1 saturated heterocycles. The first kappa shape index (κ1) is 24.8. The van der Waals surface area contributed by atoms with Gasteiger partial charge in [-0.1, -0.05) is 35.5 Å². The Morgan fingerprint density at radius 2 is 2.03 bits per heavy atom. The van der Waals surface area contributed by atoms with Crippen LogP contribution in [0.5, 0.6) is 0 Å². The van der Waals surface area contributed by atoms with Gasteiger partial charge in [0.15, 0.2) is 5.17 Å². The molecule has 0 radical (unpaired) electrons. The van der Waals surface area contributed by atoms with Gasteiger partial charge in [-0.15, -0.1) is 0 Å². The molecule has 1 aromatic rings. The summed E-state index contributed by atoms with van der Waals surface area (Å²) in [5.74, 6) is -0.518. The van der Waals surface area contributed by atoms with E-state index in [9.17, 15) is 9.59 Å². The van der Waals surface area contributed by atoms with E-state index in [-0.39, 0.29) is 18.4 Å². The summed E-state index contributed by atoms with van der Waals surface area (Å²) in [4.78, 5) is 32.8. The minimum Gasteiger partial charge on any atom is -0.456 e. The van der Waals surface area contributed by atoms with Crippen LogP contribution in [0.3, 0.4) is 0 Å². The number of nitrogens with zero attached hydrogens (tertiary/aromatic N) is 2. The molecule has 1 amide bonds.